The third-order valence-corrected chi connectivity index (χ3v) is 2.89. The summed E-state index contributed by atoms with van der Waals surface area (Å²) in [7, 11) is 0. The van der Waals surface area contributed by atoms with E-state index in [0.717, 1.165) is 17.7 Å². The number of hydrogen-bond donors (Lipinski definition) is 3. The molecule has 4 nitrogen and oxygen atoms in total. The fourth-order valence-corrected chi connectivity index (χ4v) is 2.03. The summed E-state index contributed by atoms with van der Waals surface area (Å²) in [5.74, 6) is 0.462. The summed E-state index contributed by atoms with van der Waals surface area (Å²) in [6.45, 7) is 6.53. The number of rotatable bonds is 7. The summed E-state index contributed by atoms with van der Waals surface area (Å²) in [6, 6.07) is 7.78. The van der Waals surface area contributed by atoms with Crippen molar-refractivity contribution >= 4 is 11.6 Å². The number of anilines is 1. The number of carbonyl (C=O) groups is 1. The first kappa shape index (κ1) is 15.7. The van der Waals surface area contributed by atoms with E-state index in [-0.39, 0.29) is 18.6 Å². The smallest absolute Gasteiger partial charge is 0.221 e. The monoisotopic (exact) mass is 264 g/mol. The third kappa shape index (κ3) is 5.85. The highest BCUT2D eigenvalue weighted by Gasteiger charge is 2.10. The second-order valence-electron chi connectivity index (χ2n) is 5.23. The molecule has 4 heteroatoms. The molecule has 1 unspecified atom stereocenters. The molecule has 0 saturated heterocycles. The normalized spacial score (nSPS) is 12.5. The molecule has 1 amide bonds. The number of amides is 1. The Hall–Kier alpha value is -1.39. The highest BCUT2D eigenvalue weighted by atomic mass is 16.3. The van der Waals surface area contributed by atoms with Crippen LogP contribution in [-0.4, -0.2) is 23.7 Å². The number of nitrogens with one attached hydrogen (secondary N) is 2. The first-order valence-corrected chi connectivity index (χ1v) is 6.72. The van der Waals surface area contributed by atoms with Gasteiger partial charge in [-0.05, 0) is 24.0 Å². The maximum atomic E-state index is 11.1. The molecule has 19 heavy (non-hydrogen) atoms. The molecule has 1 rings (SSSR count). The first-order chi connectivity index (χ1) is 9.02. The lowest BCUT2D eigenvalue weighted by molar-refractivity contribution is -0.114. The quantitative estimate of drug-likeness (QED) is 0.707. The largest absolute Gasteiger partial charge is 0.395 e. The van der Waals surface area contributed by atoms with Crippen molar-refractivity contribution in [3.05, 3.63) is 29.8 Å². The lowest BCUT2D eigenvalue weighted by Crippen LogP contribution is -2.33. The maximum Gasteiger partial charge on any atom is 0.221 e. The summed E-state index contributed by atoms with van der Waals surface area (Å²) >= 11 is 0. The maximum absolute atomic E-state index is 11.1. The van der Waals surface area contributed by atoms with Gasteiger partial charge >= 0.3 is 0 Å². The summed E-state index contributed by atoms with van der Waals surface area (Å²) < 4.78 is 0. The molecule has 0 aliphatic carbocycles. The lowest BCUT2D eigenvalue weighted by Gasteiger charge is -2.19. The van der Waals surface area contributed by atoms with Crippen molar-refractivity contribution in [3.63, 3.8) is 0 Å². The van der Waals surface area contributed by atoms with Gasteiger partial charge in [0.25, 0.3) is 0 Å². The van der Waals surface area contributed by atoms with Crippen LogP contribution < -0.4 is 10.6 Å². The Bertz CT molecular complexity index is 405. The standard InChI is InChI=1S/C15H24N2O2/c1-11(2)8-14(10-18)16-9-13-6-4-5-7-15(13)17-12(3)19/h4-7,11,14,16,18H,8-10H2,1-3H3,(H,17,19). The summed E-state index contributed by atoms with van der Waals surface area (Å²) in [4.78, 5) is 11.1. The molecular formula is C15H24N2O2. The number of carbonyl (C=O) groups excluding carboxylic acids is 1. The molecule has 0 heterocycles. The number of hydrogen-bond acceptors (Lipinski definition) is 3. The fraction of sp³-hybridized carbons (Fsp3) is 0.533. The Labute approximate surface area is 115 Å². The summed E-state index contributed by atoms with van der Waals surface area (Å²) in [5, 5.41) is 15.5. The van der Waals surface area contributed by atoms with Gasteiger partial charge in [0.2, 0.25) is 5.91 Å². The minimum atomic E-state index is -0.0756. The van der Waals surface area contributed by atoms with Crippen molar-refractivity contribution < 1.29 is 9.90 Å². The molecule has 0 aliphatic rings. The van der Waals surface area contributed by atoms with Crippen molar-refractivity contribution in [1.29, 1.82) is 0 Å². The molecule has 3 N–H and O–H groups in total. The van der Waals surface area contributed by atoms with E-state index in [9.17, 15) is 9.90 Å². The van der Waals surface area contributed by atoms with E-state index in [1.54, 1.807) is 0 Å². The van der Waals surface area contributed by atoms with Crippen LogP contribution in [-0.2, 0) is 11.3 Å². The van der Waals surface area contributed by atoms with E-state index in [1.807, 2.05) is 24.3 Å². The van der Waals surface area contributed by atoms with E-state index in [1.165, 1.54) is 6.92 Å². The van der Waals surface area contributed by atoms with Crippen LogP contribution in [0, 0.1) is 5.92 Å². The van der Waals surface area contributed by atoms with Crippen molar-refractivity contribution in [2.24, 2.45) is 5.92 Å². The van der Waals surface area contributed by atoms with Crippen LogP contribution in [0.15, 0.2) is 24.3 Å². The Morgan fingerprint density at radius 3 is 2.58 bits per heavy atom. The van der Waals surface area contributed by atoms with E-state index in [0.29, 0.717) is 12.5 Å². The number of benzene rings is 1. The zero-order valence-electron chi connectivity index (χ0n) is 11.9. The summed E-state index contributed by atoms with van der Waals surface area (Å²) in [5.41, 5.74) is 1.85. The van der Waals surface area contributed by atoms with Gasteiger partial charge in [-0.15, -0.1) is 0 Å². The Balaban J connectivity index is 2.63. The number of aliphatic hydroxyl groups is 1. The van der Waals surface area contributed by atoms with Gasteiger partial charge in [0.1, 0.15) is 0 Å². The molecule has 0 aromatic heterocycles. The molecule has 0 fully saturated rings. The Morgan fingerprint density at radius 1 is 1.32 bits per heavy atom. The van der Waals surface area contributed by atoms with Crippen LogP contribution in [0.3, 0.4) is 0 Å². The molecule has 0 spiro atoms. The Morgan fingerprint density at radius 2 is 2.00 bits per heavy atom. The molecule has 1 aromatic carbocycles. The molecule has 0 bridgehead atoms. The highest BCUT2D eigenvalue weighted by molar-refractivity contribution is 5.89. The molecule has 0 aliphatic heterocycles. The van der Waals surface area contributed by atoms with Crippen LogP contribution >= 0.6 is 0 Å². The van der Waals surface area contributed by atoms with Gasteiger partial charge in [-0.1, -0.05) is 32.0 Å². The average molecular weight is 264 g/mol. The minimum absolute atomic E-state index is 0.0756. The van der Waals surface area contributed by atoms with E-state index >= 15 is 0 Å². The summed E-state index contributed by atoms with van der Waals surface area (Å²) in [6.07, 6.45) is 0.929. The third-order valence-electron chi connectivity index (χ3n) is 2.89. The van der Waals surface area contributed by atoms with Crippen molar-refractivity contribution in [2.45, 2.75) is 39.8 Å². The van der Waals surface area contributed by atoms with Crippen LogP contribution in [0.25, 0.3) is 0 Å². The van der Waals surface area contributed by atoms with Crippen molar-refractivity contribution in [1.82, 2.24) is 5.32 Å². The lowest BCUT2D eigenvalue weighted by atomic mass is 10.0. The van der Waals surface area contributed by atoms with Crippen molar-refractivity contribution in [2.75, 3.05) is 11.9 Å². The number of aliphatic hydroxyl groups excluding tert-OH is 1. The molecular weight excluding hydrogens is 240 g/mol. The fourth-order valence-electron chi connectivity index (χ4n) is 2.03. The minimum Gasteiger partial charge on any atom is -0.395 e. The van der Waals surface area contributed by atoms with Crippen LogP contribution in [0.2, 0.25) is 0 Å². The zero-order chi connectivity index (χ0) is 14.3. The molecule has 0 saturated carbocycles. The van der Waals surface area contributed by atoms with Crippen molar-refractivity contribution in [3.8, 4) is 0 Å². The molecule has 1 atom stereocenters. The Kier molecular flexibility index (Phi) is 6.53. The van der Waals surface area contributed by atoms with Crippen LogP contribution in [0.5, 0.6) is 0 Å². The van der Waals surface area contributed by atoms with Crippen LogP contribution in [0.1, 0.15) is 32.8 Å². The molecule has 1 aromatic rings. The topological polar surface area (TPSA) is 61.4 Å². The van der Waals surface area contributed by atoms with Gasteiger partial charge < -0.3 is 15.7 Å². The highest BCUT2D eigenvalue weighted by Crippen LogP contribution is 2.15. The van der Waals surface area contributed by atoms with E-state index in [2.05, 4.69) is 24.5 Å². The number of para-hydroxylation sites is 1. The predicted octanol–water partition coefficient (Wildman–Crippen LogP) is 2.14. The SMILES string of the molecule is CC(=O)Nc1ccccc1CNC(CO)CC(C)C. The van der Waals surface area contributed by atoms with Gasteiger partial charge in [0.05, 0.1) is 6.61 Å². The predicted molar refractivity (Wildman–Crippen MR) is 77.9 cm³/mol. The van der Waals surface area contributed by atoms with Gasteiger partial charge in [-0.3, -0.25) is 4.79 Å². The van der Waals surface area contributed by atoms with E-state index < -0.39 is 0 Å². The molecule has 106 valence electrons. The molecule has 0 radical (unpaired) electrons. The van der Waals surface area contributed by atoms with Crippen LogP contribution in [0.4, 0.5) is 5.69 Å². The van der Waals surface area contributed by atoms with Gasteiger partial charge in [-0.2, -0.15) is 0 Å². The second-order valence-corrected chi connectivity index (χ2v) is 5.23. The van der Waals surface area contributed by atoms with Gasteiger partial charge in [0, 0.05) is 25.2 Å². The van der Waals surface area contributed by atoms with Gasteiger partial charge in [0.15, 0.2) is 0 Å². The second kappa shape index (κ2) is 7.92. The van der Waals surface area contributed by atoms with E-state index in [4.69, 9.17) is 0 Å². The zero-order valence-corrected chi connectivity index (χ0v) is 11.9. The van der Waals surface area contributed by atoms with Gasteiger partial charge in [-0.25, -0.2) is 0 Å². The first-order valence-electron chi connectivity index (χ1n) is 6.72. The average Bonchev–Trinajstić information content (AvgIpc) is 2.35.